The van der Waals surface area contributed by atoms with Gasteiger partial charge in [0.2, 0.25) is 0 Å². The highest BCUT2D eigenvalue weighted by Gasteiger charge is 2.36. The smallest absolute Gasteiger partial charge is 0.316 e. The molecular formula is C25H40O4. The lowest BCUT2D eigenvalue weighted by molar-refractivity contribution is -0.162. The zero-order valence-corrected chi connectivity index (χ0v) is 19.6. The maximum absolute atomic E-state index is 12.9. The van der Waals surface area contributed by atoms with Gasteiger partial charge in [-0.2, -0.15) is 0 Å². The van der Waals surface area contributed by atoms with Crippen LogP contribution in [0.4, 0.5) is 0 Å². The standard InChI is InChI=1S/C25H40O4/c1-10-25(9,16-12-13-19(2)3)29-23(27)24(7,8)21(6)14-11-15-22(28-18-26)17-20(4)5/h10,13-14,17-18,22H,1,11-12,15-16H2,2-9H3. The lowest BCUT2D eigenvalue weighted by Gasteiger charge is -2.32. The van der Waals surface area contributed by atoms with Gasteiger partial charge in [-0.25, -0.2) is 0 Å². The van der Waals surface area contributed by atoms with Crippen LogP contribution in [0.3, 0.4) is 0 Å². The molecule has 0 aromatic rings. The van der Waals surface area contributed by atoms with Crippen molar-refractivity contribution in [3.05, 3.63) is 47.6 Å². The van der Waals surface area contributed by atoms with Crippen molar-refractivity contribution in [2.24, 2.45) is 5.41 Å². The van der Waals surface area contributed by atoms with E-state index >= 15 is 0 Å². The van der Waals surface area contributed by atoms with Crippen LogP contribution in [0, 0.1) is 5.41 Å². The van der Waals surface area contributed by atoms with Crippen LogP contribution in [0.25, 0.3) is 0 Å². The molecule has 0 saturated heterocycles. The maximum atomic E-state index is 12.9. The Kier molecular flexibility index (Phi) is 11.6. The molecule has 29 heavy (non-hydrogen) atoms. The van der Waals surface area contributed by atoms with Crippen LogP contribution in [0.2, 0.25) is 0 Å². The number of carbonyl (C=O) groups excluding carboxylic acids is 2. The summed E-state index contributed by atoms with van der Waals surface area (Å²) in [4.78, 5) is 23.6. The summed E-state index contributed by atoms with van der Waals surface area (Å²) in [7, 11) is 0. The molecule has 2 atom stereocenters. The van der Waals surface area contributed by atoms with Gasteiger partial charge < -0.3 is 9.47 Å². The first-order chi connectivity index (χ1) is 13.4. The second-order valence-corrected chi connectivity index (χ2v) is 8.83. The molecule has 0 fully saturated rings. The van der Waals surface area contributed by atoms with Crippen LogP contribution in [0.15, 0.2) is 47.6 Å². The zero-order chi connectivity index (χ0) is 22.7. The summed E-state index contributed by atoms with van der Waals surface area (Å²) < 4.78 is 11.0. The zero-order valence-electron chi connectivity index (χ0n) is 19.6. The molecule has 0 heterocycles. The monoisotopic (exact) mass is 404 g/mol. The van der Waals surface area contributed by atoms with Gasteiger partial charge >= 0.3 is 5.97 Å². The fourth-order valence-corrected chi connectivity index (χ4v) is 2.70. The fraction of sp³-hybridized carbons (Fsp3) is 0.600. The fourth-order valence-electron chi connectivity index (χ4n) is 2.70. The number of hydrogen-bond acceptors (Lipinski definition) is 4. The van der Waals surface area contributed by atoms with Crippen LogP contribution in [0.1, 0.15) is 81.1 Å². The topological polar surface area (TPSA) is 52.6 Å². The SMILES string of the molecule is C=CC(C)(CCC=C(C)C)OC(=O)C(C)(C)C(C)=CCCC(C=C(C)C)OC=O. The Morgan fingerprint density at radius 2 is 1.62 bits per heavy atom. The van der Waals surface area contributed by atoms with Gasteiger partial charge in [-0.3, -0.25) is 9.59 Å². The van der Waals surface area contributed by atoms with E-state index in [1.54, 1.807) is 6.08 Å². The van der Waals surface area contributed by atoms with Crippen molar-refractivity contribution in [3.8, 4) is 0 Å². The molecule has 0 aliphatic carbocycles. The minimum absolute atomic E-state index is 0.254. The highest BCUT2D eigenvalue weighted by molar-refractivity contribution is 5.80. The molecule has 0 bridgehead atoms. The maximum Gasteiger partial charge on any atom is 0.316 e. The largest absolute Gasteiger partial charge is 0.460 e. The van der Waals surface area contributed by atoms with Crippen LogP contribution in [0.5, 0.6) is 0 Å². The van der Waals surface area contributed by atoms with Crippen LogP contribution < -0.4 is 0 Å². The van der Waals surface area contributed by atoms with Crippen molar-refractivity contribution in [2.75, 3.05) is 0 Å². The number of rotatable bonds is 13. The third-order valence-electron chi connectivity index (χ3n) is 5.10. The van der Waals surface area contributed by atoms with E-state index in [1.807, 2.05) is 53.7 Å². The molecule has 4 heteroatoms. The molecule has 4 nitrogen and oxygen atoms in total. The van der Waals surface area contributed by atoms with Crippen molar-refractivity contribution in [2.45, 2.75) is 92.8 Å². The molecule has 0 radical (unpaired) electrons. The van der Waals surface area contributed by atoms with Gasteiger partial charge in [0.15, 0.2) is 0 Å². The van der Waals surface area contributed by atoms with Gasteiger partial charge in [0.25, 0.3) is 6.47 Å². The molecule has 0 aromatic carbocycles. The minimum Gasteiger partial charge on any atom is -0.460 e. The minimum atomic E-state index is -0.752. The molecule has 0 saturated carbocycles. The Hall–Kier alpha value is -2.10. The van der Waals surface area contributed by atoms with Crippen molar-refractivity contribution in [1.82, 2.24) is 0 Å². The predicted octanol–water partition coefficient (Wildman–Crippen LogP) is 6.48. The molecule has 0 aromatic heterocycles. The first-order valence-electron chi connectivity index (χ1n) is 10.3. The summed E-state index contributed by atoms with van der Waals surface area (Å²) in [6.07, 6.45) is 10.4. The number of allylic oxidation sites excluding steroid dienone is 4. The average Bonchev–Trinajstić information content (AvgIpc) is 2.60. The van der Waals surface area contributed by atoms with E-state index in [1.165, 1.54) is 5.57 Å². The van der Waals surface area contributed by atoms with Crippen LogP contribution in [-0.2, 0) is 19.1 Å². The van der Waals surface area contributed by atoms with Gasteiger partial charge in [-0.15, -0.1) is 0 Å². The van der Waals surface area contributed by atoms with E-state index in [2.05, 4.69) is 26.5 Å². The molecule has 0 aliphatic heterocycles. The number of ether oxygens (including phenoxy) is 2. The molecule has 164 valence electrons. The Morgan fingerprint density at radius 1 is 1.00 bits per heavy atom. The van der Waals surface area contributed by atoms with Crippen LogP contribution >= 0.6 is 0 Å². The summed E-state index contributed by atoms with van der Waals surface area (Å²) in [6.45, 7) is 20.0. The van der Waals surface area contributed by atoms with Gasteiger partial charge in [0, 0.05) is 0 Å². The van der Waals surface area contributed by atoms with Gasteiger partial charge in [0.05, 0.1) is 5.41 Å². The molecular weight excluding hydrogens is 364 g/mol. The van der Waals surface area contributed by atoms with Crippen molar-refractivity contribution < 1.29 is 19.1 Å². The molecule has 0 aliphatic rings. The van der Waals surface area contributed by atoms with E-state index in [0.29, 0.717) is 25.7 Å². The number of esters is 1. The second kappa shape index (κ2) is 12.5. The highest BCUT2D eigenvalue weighted by Crippen LogP contribution is 2.32. The summed E-state index contributed by atoms with van der Waals surface area (Å²) in [5.74, 6) is -0.268. The molecule has 0 amide bonds. The summed E-state index contributed by atoms with van der Waals surface area (Å²) in [5.41, 5.74) is 1.82. The third-order valence-corrected chi connectivity index (χ3v) is 5.10. The van der Waals surface area contributed by atoms with Crippen molar-refractivity contribution in [3.63, 3.8) is 0 Å². The molecule has 0 N–H and O–H groups in total. The van der Waals surface area contributed by atoms with Gasteiger partial charge in [-0.1, -0.05) is 35.5 Å². The number of carbonyl (C=O) groups is 2. The summed E-state index contributed by atoms with van der Waals surface area (Å²) >= 11 is 0. The van der Waals surface area contributed by atoms with Crippen LogP contribution in [-0.4, -0.2) is 24.1 Å². The van der Waals surface area contributed by atoms with E-state index in [0.717, 1.165) is 17.6 Å². The van der Waals surface area contributed by atoms with Crippen molar-refractivity contribution >= 4 is 12.4 Å². The van der Waals surface area contributed by atoms with E-state index < -0.39 is 11.0 Å². The third kappa shape index (κ3) is 10.3. The molecule has 2 unspecified atom stereocenters. The highest BCUT2D eigenvalue weighted by atomic mass is 16.6. The van der Waals surface area contributed by atoms with Crippen molar-refractivity contribution in [1.29, 1.82) is 0 Å². The van der Waals surface area contributed by atoms with Gasteiger partial charge in [-0.05, 0) is 93.2 Å². The second-order valence-electron chi connectivity index (χ2n) is 8.83. The quantitative estimate of drug-likeness (QED) is 0.200. The Balaban J connectivity index is 5.09. The Labute approximate surface area is 177 Å². The van der Waals surface area contributed by atoms with Gasteiger partial charge in [0.1, 0.15) is 11.7 Å². The number of hydrogen-bond donors (Lipinski definition) is 0. The Bertz CT molecular complexity index is 644. The Morgan fingerprint density at radius 3 is 2.10 bits per heavy atom. The predicted molar refractivity (Wildman–Crippen MR) is 120 cm³/mol. The first kappa shape index (κ1) is 26.9. The lowest BCUT2D eigenvalue weighted by Crippen LogP contribution is -2.37. The van der Waals surface area contributed by atoms with E-state index in [4.69, 9.17) is 9.47 Å². The summed E-state index contributed by atoms with van der Waals surface area (Å²) in [6, 6.07) is 0. The van der Waals surface area contributed by atoms with E-state index in [9.17, 15) is 9.59 Å². The lowest BCUT2D eigenvalue weighted by atomic mass is 9.84. The first-order valence-corrected chi connectivity index (χ1v) is 10.3. The summed E-state index contributed by atoms with van der Waals surface area (Å²) in [5, 5.41) is 0. The van der Waals surface area contributed by atoms with E-state index in [-0.39, 0.29) is 12.1 Å². The molecule has 0 spiro atoms. The molecule has 0 rings (SSSR count). The normalized spacial score (nSPS) is 14.8. The average molecular weight is 405 g/mol.